The number of H-pyrrole nitrogens is 1. The van der Waals surface area contributed by atoms with Crippen LogP contribution in [0.2, 0.25) is 5.28 Å². The van der Waals surface area contributed by atoms with Crippen molar-refractivity contribution in [2.24, 2.45) is 0 Å². The largest absolute Gasteiger partial charge is 0.261 e. The van der Waals surface area contributed by atoms with Crippen LogP contribution in [0.15, 0.2) is 24.4 Å². The van der Waals surface area contributed by atoms with Crippen LogP contribution in [0.1, 0.15) is 5.56 Å². The molecule has 2 aromatic heterocycles. The highest BCUT2D eigenvalue weighted by Gasteiger charge is 2.11. The molecule has 2 heterocycles. The van der Waals surface area contributed by atoms with Crippen LogP contribution in [0, 0.1) is 12.7 Å². The van der Waals surface area contributed by atoms with Crippen LogP contribution in [-0.4, -0.2) is 20.2 Å². The molecule has 4 nitrogen and oxygen atoms in total. The first kappa shape index (κ1) is 11.1. The topological polar surface area (TPSA) is 54.5 Å². The molecule has 0 aliphatic rings. The highest BCUT2D eigenvalue weighted by Crippen LogP contribution is 2.27. The van der Waals surface area contributed by atoms with Crippen LogP contribution in [0.5, 0.6) is 0 Å². The molecular weight excluding hydrogens is 255 g/mol. The average molecular weight is 263 g/mol. The quantitative estimate of drug-likeness (QED) is 0.686. The third-order valence-corrected chi connectivity index (χ3v) is 2.90. The molecule has 0 atom stereocenters. The Balaban J connectivity index is 2.30. The van der Waals surface area contributed by atoms with E-state index in [1.54, 1.807) is 25.3 Å². The van der Waals surface area contributed by atoms with Crippen molar-refractivity contribution >= 4 is 22.6 Å². The van der Waals surface area contributed by atoms with Gasteiger partial charge in [-0.1, -0.05) is 12.1 Å². The Kier molecular flexibility index (Phi) is 2.48. The molecule has 1 N–H and O–H groups in total. The lowest BCUT2D eigenvalue weighted by atomic mass is 10.1. The van der Waals surface area contributed by atoms with Crippen molar-refractivity contribution < 1.29 is 4.39 Å². The summed E-state index contributed by atoms with van der Waals surface area (Å²) in [6.07, 6.45) is 1.60. The Labute approximate surface area is 107 Å². The Morgan fingerprint density at radius 2 is 2.11 bits per heavy atom. The van der Waals surface area contributed by atoms with E-state index in [0.29, 0.717) is 27.9 Å². The van der Waals surface area contributed by atoms with Gasteiger partial charge in [0.1, 0.15) is 5.82 Å². The molecule has 0 spiro atoms. The minimum Gasteiger partial charge on any atom is -0.261 e. The molecule has 0 bridgehead atoms. The summed E-state index contributed by atoms with van der Waals surface area (Å²) in [6.45, 7) is 1.71. The predicted molar refractivity (Wildman–Crippen MR) is 66.8 cm³/mol. The van der Waals surface area contributed by atoms with Crippen LogP contribution in [0.3, 0.4) is 0 Å². The molecule has 0 saturated heterocycles. The van der Waals surface area contributed by atoms with Gasteiger partial charge in [-0.25, -0.2) is 9.37 Å². The number of halogens is 2. The summed E-state index contributed by atoms with van der Waals surface area (Å²) in [5, 5.41) is 7.42. The zero-order valence-corrected chi connectivity index (χ0v) is 10.2. The molecule has 3 aromatic rings. The van der Waals surface area contributed by atoms with E-state index in [9.17, 15) is 4.39 Å². The van der Waals surface area contributed by atoms with E-state index in [2.05, 4.69) is 20.2 Å². The molecule has 0 aliphatic carbocycles. The average Bonchev–Trinajstić information content (AvgIpc) is 2.79. The molecule has 0 fully saturated rings. The lowest BCUT2D eigenvalue weighted by Crippen LogP contribution is -1.91. The molecule has 90 valence electrons. The van der Waals surface area contributed by atoms with E-state index in [-0.39, 0.29) is 11.1 Å². The number of aryl methyl sites for hydroxylation is 1. The van der Waals surface area contributed by atoms with E-state index >= 15 is 0 Å². The fourth-order valence-corrected chi connectivity index (χ4v) is 1.94. The molecule has 0 saturated carbocycles. The lowest BCUT2D eigenvalue weighted by molar-refractivity contribution is 0.619. The van der Waals surface area contributed by atoms with Crippen molar-refractivity contribution in [3.05, 3.63) is 41.1 Å². The second-order valence-corrected chi connectivity index (χ2v) is 4.28. The Morgan fingerprint density at radius 3 is 2.89 bits per heavy atom. The van der Waals surface area contributed by atoms with Crippen LogP contribution in [0.25, 0.3) is 22.3 Å². The SMILES string of the molecule is Cc1ccc(-c2nc(Cl)nc3[nH]ncc23)cc1F. The zero-order chi connectivity index (χ0) is 12.7. The van der Waals surface area contributed by atoms with Gasteiger partial charge in [-0.15, -0.1) is 0 Å². The van der Waals surface area contributed by atoms with Gasteiger partial charge in [-0.3, -0.25) is 5.10 Å². The van der Waals surface area contributed by atoms with Gasteiger partial charge >= 0.3 is 0 Å². The smallest absolute Gasteiger partial charge is 0.224 e. The summed E-state index contributed by atoms with van der Waals surface area (Å²) >= 11 is 5.84. The number of nitrogens with zero attached hydrogens (tertiary/aromatic N) is 3. The van der Waals surface area contributed by atoms with Gasteiger partial charge in [0.05, 0.1) is 17.3 Å². The number of hydrogen-bond donors (Lipinski definition) is 1. The van der Waals surface area contributed by atoms with Crippen LogP contribution < -0.4 is 0 Å². The van der Waals surface area contributed by atoms with Crippen molar-refractivity contribution in [1.82, 2.24) is 20.2 Å². The summed E-state index contributed by atoms with van der Waals surface area (Å²) in [4.78, 5) is 8.15. The summed E-state index contributed by atoms with van der Waals surface area (Å²) in [7, 11) is 0. The lowest BCUT2D eigenvalue weighted by Gasteiger charge is -2.04. The second-order valence-electron chi connectivity index (χ2n) is 3.94. The summed E-state index contributed by atoms with van der Waals surface area (Å²) in [6, 6.07) is 4.93. The first-order valence-corrected chi connectivity index (χ1v) is 5.66. The van der Waals surface area contributed by atoms with Crippen LogP contribution >= 0.6 is 11.6 Å². The van der Waals surface area contributed by atoms with Crippen LogP contribution in [-0.2, 0) is 0 Å². The molecule has 6 heteroatoms. The zero-order valence-electron chi connectivity index (χ0n) is 9.41. The maximum Gasteiger partial charge on any atom is 0.224 e. The standard InChI is InChI=1S/C12H8ClFN4/c1-6-2-3-7(4-9(6)14)10-8-5-15-18-11(8)17-12(13)16-10/h2-5H,1H3,(H,15,16,17,18). The van der Waals surface area contributed by atoms with Gasteiger partial charge in [0.25, 0.3) is 0 Å². The highest BCUT2D eigenvalue weighted by molar-refractivity contribution is 6.28. The fraction of sp³-hybridized carbons (Fsp3) is 0.0833. The molecule has 18 heavy (non-hydrogen) atoms. The van der Waals surface area contributed by atoms with Crippen molar-refractivity contribution in [1.29, 1.82) is 0 Å². The van der Waals surface area contributed by atoms with Gasteiger partial charge in [0.15, 0.2) is 5.65 Å². The number of benzene rings is 1. The maximum absolute atomic E-state index is 13.6. The monoisotopic (exact) mass is 262 g/mol. The second kappa shape index (κ2) is 4.03. The third kappa shape index (κ3) is 1.73. The number of hydrogen-bond acceptors (Lipinski definition) is 3. The van der Waals surface area contributed by atoms with Gasteiger partial charge < -0.3 is 0 Å². The fourth-order valence-electron chi connectivity index (χ4n) is 1.77. The minimum absolute atomic E-state index is 0.0998. The molecule has 0 aliphatic heterocycles. The molecule has 0 amide bonds. The first-order valence-electron chi connectivity index (χ1n) is 5.28. The number of fused-ring (bicyclic) bond motifs is 1. The normalized spacial score (nSPS) is 11.1. The number of nitrogens with one attached hydrogen (secondary N) is 1. The summed E-state index contributed by atoms with van der Waals surface area (Å²) in [5.74, 6) is -0.279. The van der Waals surface area contributed by atoms with E-state index in [4.69, 9.17) is 11.6 Å². The molecule has 0 unspecified atom stereocenters. The van der Waals surface area contributed by atoms with Gasteiger partial charge in [0, 0.05) is 5.56 Å². The summed E-state index contributed by atoms with van der Waals surface area (Å²) < 4.78 is 13.6. The van der Waals surface area contributed by atoms with Crippen LogP contribution in [0.4, 0.5) is 4.39 Å². The Hall–Kier alpha value is -2.01. The van der Waals surface area contributed by atoms with Gasteiger partial charge in [-0.2, -0.15) is 10.1 Å². The number of rotatable bonds is 1. The molecule has 1 aromatic carbocycles. The molecule has 3 rings (SSSR count). The van der Waals surface area contributed by atoms with Gasteiger partial charge in [0.2, 0.25) is 5.28 Å². The van der Waals surface area contributed by atoms with E-state index < -0.39 is 0 Å². The predicted octanol–water partition coefficient (Wildman–Crippen LogP) is 3.12. The van der Waals surface area contributed by atoms with Crippen molar-refractivity contribution in [3.63, 3.8) is 0 Å². The van der Waals surface area contributed by atoms with Crippen molar-refractivity contribution in [2.75, 3.05) is 0 Å². The number of aromatic amines is 1. The maximum atomic E-state index is 13.6. The van der Waals surface area contributed by atoms with E-state index in [1.807, 2.05) is 0 Å². The van der Waals surface area contributed by atoms with Gasteiger partial charge in [-0.05, 0) is 30.2 Å². The molecule has 0 radical (unpaired) electrons. The Morgan fingerprint density at radius 1 is 1.28 bits per heavy atom. The molecular formula is C12H8ClFN4. The minimum atomic E-state index is -0.279. The number of aromatic nitrogens is 4. The highest BCUT2D eigenvalue weighted by atomic mass is 35.5. The van der Waals surface area contributed by atoms with E-state index in [0.717, 1.165) is 0 Å². The summed E-state index contributed by atoms with van der Waals surface area (Å²) in [5.41, 5.74) is 2.33. The van der Waals surface area contributed by atoms with E-state index in [1.165, 1.54) is 6.07 Å². The Bertz CT molecular complexity index is 738. The third-order valence-electron chi connectivity index (χ3n) is 2.73. The van der Waals surface area contributed by atoms with Crippen molar-refractivity contribution in [2.45, 2.75) is 6.92 Å². The first-order chi connectivity index (χ1) is 8.65. The van der Waals surface area contributed by atoms with Crippen molar-refractivity contribution in [3.8, 4) is 11.3 Å².